The van der Waals surface area contributed by atoms with Gasteiger partial charge < -0.3 is 41.6 Å². The second kappa shape index (κ2) is 5.98. The van der Waals surface area contributed by atoms with Gasteiger partial charge >= 0.3 is 0 Å². The van der Waals surface area contributed by atoms with Crippen molar-refractivity contribution in [1.82, 2.24) is 0 Å². The largest absolute Gasteiger partial charge is 0.412 e. The van der Waals surface area contributed by atoms with E-state index < -0.39 is 45.5 Å². The number of ketones is 2. The van der Waals surface area contributed by atoms with Crippen LogP contribution >= 0.6 is 0 Å². The van der Waals surface area contributed by atoms with Crippen molar-refractivity contribution >= 4 is 11.6 Å². The number of carbonyl (C=O) groups excluding carboxylic acids is 2. The van der Waals surface area contributed by atoms with E-state index in [2.05, 4.69) is 0 Å². The fourth-order valence-corrected chi connectivity index (χ4v) is 3.90. The molecule has 10 nitrogen and oxygen atoms in total. The molecule has 0 aromatic heterocycles. The summed E-state index contributed by atoms with van der Waals surface area (Å²) >= 11 is 0. The van der Waals surface area contributed by atoms with Crippen molar-refractivity contribution in [2.24, 2.45) is 0 Å². The molecule has 0 heterocycles. The van der Waals surface area contributed by atoms with Crippen LogP contribution < -0.4 is 0 Å². The Balaban J connectivity index is 0.00000140. The van der Waals surface area contributed by atoms with E-state index in [1.165, 1.54) is 24.3 Å². The second-order valence-corrected chi connectivity index (χ2v) is 6.51. The first kappa shape index (κ1) is 21.8. The van der Waals surface area contributed by atoms with Gasteiger partial charge in [-0.1, -0.05) is 48.5 Å². The molecule has 2 aliphatic carbocycles. The zero-order valence-corrected chi connectivity index (χ0v) is 14.1. The third-order valence-electron chi connectivity index (χ3n) is 5.28. The van der Waals surface area contributed by atoms with Crippen molar-refractivity contribution in [3.63, 3.8) is 0 Å². The fourth-order valence-electron chi connectivity index (χ4n) is 3.90. The molecule has 0 saturated heterocycles. The highest BCUT2D eigenvalue weighted by Crippen LogP contribution is 2.56. The Kier molecular flexibility index (Phi) is 4.64. The van der Waals surface area contributed by atoms with Crippen molar-refractivity contribution in [2.75, 3.05) is 0 Å². The van der Waals surface area contributed by atoms with Crippen LogP contribution in [0.4, 0.5) is 0 Å². The Morgan fingerprint density at radius 1 is 0.536 bits per heavy atom. The lowest BCUT2D eigenvalue weighted by Gasteiger charge is -2.46. The Morgan fingerprint density at radius 2 is 0.821 bits per heavy atom. The zero-order chi connectivity index (χ0) is 19.1. The van der Waals surface area contributed by atoms with Gasteiger partial charge in [-0.05, 0) is 0 Å². The first-order chi connectivity index (χ1) is 12.0. The van der Waals surface area contributed by atoms with Crippen LogP contribution in [0.25, 0.3) is 0 Å². The summed E-state index contributed by atoms with van der Waals surface area (Å²) in [7, 11) is 0. The third-order valence-corrected chi connectivity index (χ3v) is 5.28. The molecule has 4 rings (SSSR count). The monoisotopic (exact) mass is 394 g/mol. The lowest BCUT2D eigenvalue weighted by Crippen LogP contribution is -2.75. The predicted octanol–water partition coefficient (Wildman–Crippen LogP) is -3.13. The van der Waals surface area contributed by atoms with Gasteiger partial charge in [0.1, 0.15) is 0 Å². The minimum Gasteiger partial charge on any atom is -0.412 e. The van der Waals surface area contributed by atoms with E-state index in [0.29, 0.717) is 0 Å². The van der Waals surface area contributed by atoms with E-state index in [1.54, 1.807) is 0 Å². The van der Waals surface area contributed by atoms with E-state index in [1.807, 2.05) is 0 Å². The Morgan fingerprint density at radius 3 is 1.11 bits per heavy atom. The molecule has 0 spiro atoms. The SMILES string of the molecule is O.O.O=C1c2ccccc2C(O)(O)[C@@]1(O)[C@]1(O)C(=O)c2ccccc2C1(O)O. The van der Waals surface area contributed by atoms with Gasteiger partial charge in [0.2, 0.25) is 34.3 Å². The van der Waals surface area contributed by atoms with E-state index in [0.717, 1.165) is 24.3 Å². The topological polar surface area (TPSA) is 219 Å². The Labute approximate surface area is 157 Å². The normalized spacial score (nSPS) is 28.8. The number of Topliss-reactive ketones (excluding diaryl/α,β-unsaturated/α-hetero) is 2. The minimum absolute atomic E-state index is 0. The van der Waals surface area contributed by atoms with Gasteiger partial charge in [0.15, 0.2) is 0 Å². The van der Waals surface area contributed by atoms with Gasteiger partial charge in [0.25, 0.3) is 0 Å². The van der Waals surface area contributed by atoms with Gasteiger partial charge in [-0.3, -0.25) is 9.59 Å². The van der Waals surface area contributed by atoms with Crippen LogP contribution in [-0.4, -0.2) is 64.4 Å². The molecular formula is C18H18O10. The van der Waals surface area contributed by atoms with Gasteiger partial charge in [0, 0.05) is 22.3 Å². The van der Waals surface area contributed by atoms with Crippen LogP contribution in [0.5, 0.6) is 0 Å². The molecule has 0 fully saturated rings. The molecule has 0 bridgehead atoms. The predicted molar refractivity (Wildman–Crippen MR) is 90.9 cm³/mol. The molecule has 0 amide bonds. The standard InChI is InChI=1S/C18H14O8.2H2O/c19-13-9-5-1-3-7-11(9)17(23,24)15(13,21)16(22)14(20)10-6-2-4-8-12(10)18(16,25)26;;/h1-8,21-26H;2*1H2/t15-,16+;;. The first-order valence-corrected chi connectivity index (χ1v) is 7.65. The molecular weight excluding hydrogens is 376 g/mol. The fraction of sp³-hybridized carbons (Fsp3) is 0.222. The first-order valence-electron chi connectivity index (χ1n) is 7.65. The summed E-state index contributed by atoms with van der Waals surface area (Å²) in [6, 6.07) is 9.97. The maximum atomic E-state index is 12.8. The number of hydrogen-bond acceptors (Lipinski definition) is 8. The number of carbonyl (C=O) groups is 2. The lowest BCUT2D eigenvalue weighted by molar-refractivity contribution is -0.359. The highest BCUT2D eigenvalue weighted by Gasteiger charge is 2.82. The highest BCUT2D eigenvalue weighted by atomic mass is 16.6. The second-order valence-electron chi connectivity index (χ2n) is 6.51. The van der Waals surface area contributed by atoms with Gasteiger partial charge in [-0.15, -0.1) is 0 Å². The van der Waals surface area contributed by atoms with Crippen LogP contribution in [0.2, 0.25) is 0 Å². The molecule has 10 heteroatoms. The molecule has 0 aliphatic heterocycles. The summed E-state index contributed by atoms with van der Waals surface area (Å²) in [6.07, 6.45) is 0. The van der Waals surface area contributed by atoms with Gasteiger partial charge in [0.05, 0.1) is 0 Å². The van der Waals surface area contributed by atoms with E-state index in [-0.39, 0.29) is 22.1 Å². The summed E-state index contributed by atoms with van der Waals surface area (Å²) in [4.78, 5) is 25.6. The average molecular weight is 394 g/mol. The number of fused-ring (bicyclic) bond motifs is 2. The van der Waals surface area contributed by atoms with Crippen LogP contribution in [0, 0.1) is 0 Å². The summed E-state index contributed by atoms with van der Waals surface area (Å²) in [6.45, 7) is 0. The molecule has 2 atom stereocenters. The summed E-state index contributed by atoms with van der Waals surface area (Å²) in [5.74, 6) is -9.75. The third kappa shape index (κ3) is 1.92. The smallest absolute Gasteiger partial charge is 0.232 e. The van der Waals surface area contributed by atoms with Crippen molar-refractivity contribution in [3.05, 3.63) is 70.8 Å². The molecule has 28 heavy (non-hydrogen) atoms. The van der Waals surface area contributed by atoms with Crippen molar-refractivity contribution < 1.29 is 51.2 Å². The maximum absolute atomic E-state index is 12.8. The lowest BCUT2D eigenvalue weighted by atomic mass is 9.70. The number of benzene rings is 2. The van der Waals surface area contributed by atoms with Crippen LogP contribution in [-0.2, 0) is 11.6 Å². The Hall–Kier alpha value is -2.54. The molecule has 0 unspecified atom stereocenters. The van der Waals surface area contributed by atoms with Crippen molar-refractivity contribution in [3.8, 4) is 0 Å². The highest BCUT2D eigenvalue weighted by molar-refractivity contribution is 6.18. The summed E-state index contributed by atoms with van der Waals surface area (Å²) < 4.78 is 0. The summed E-state index contributed by atoms with van der Waals surface area (Å²) in [5, 5.41) is 64.2. The van der Waals surface area contributed by atoms with Crippen molar-refractivity contribution in [1.29, 1.82) is 0 Å². The molecule has 10 N–H and O–H groups in total. The molecule has 2 aliphatic rings. The maximum Gasteiger partial charge on any atom is 0.232 e. The number of rotatable bonds is 1. The van der Waals surface area contributed by atoms with E-state index in [4.69, 9.17) is 0 Å². The number of aliphatic hydroxyl groups is 6. The van der Waals surface area contributed by atoms with Crippen LogP contribution in [0.15, 0.2) is 48.5 Å². The molecule has 150 valence electrons. The van der Waals surface area contributed by atoms with Gasteiger partial charge in [-0.25, -0.2) is 0 Å². The van der Waals surface area contributed by atoms with Crippen molar-refractivity contribution in [2.45, 2.75) is 22.8 Å². The van der Waals surface area contributed by atoms with E-state index in [9.17, 15) is 40.2 Å². The molecule has 2 aromatic rings. The molecule has 0 saturated carbocycles. The summed E-state index contributed by atoms with van der Waals surface area (Å²) in [5.41, 5.74) is -9.01. The van der Waals surface area contributed by atoms with Crippen LogP contribution in [0.3, 0.4) is 0 Å². The minimum atomic E-state index is -3.66. The Bertz CT molecular complexity index is 902. The quantitative estimate of drug-likeness (QED) is 0.271. The molecule has 2 aromatic carbocycles. The van der Waals surface area contributed by atoms with Gasteiger partial charge in [-0.2, -0.15) is 0 Å². The molecule has 0 radical (unpaired) electrons. The van der Waals surface area contributed by atoms with Crippen LogP contribution in [0.1, 0.15) is 31.8 Å². The zero-order valence-electron chi connectivity index (χ0n) is 14.1. The average Bonchev–Trinajstić information content (AvgIpc) is 2.89. The van der Waals surface area contributed by atoms with E-state index >= 15 is 0 Å². The number of hydrogen-bond donors (Lipinski definition) is 6.